The van der Waals surface area contributed by atoms with Gasteiger partial charge in [0.1, 0.15) is 0 Å². The molecule has 6 heteroatoms. The smallest absolute Gasteiger partial charge is 0.251 e. The maximum Gasteiger partial charge on any atom is 0.251 e. The molecule has 0 saturated carbocycles. The summed E-state index contributed by atoms with van der Waals surface area (Å²) in [6.07, 6.45) is 7.73. The van der Waals surface area contributed by atoms with Crippen LogP contribution in [0.4, 0.5) is 0 Å². The largest absolute Gasteiger partial charge is 0.348 e. The number of nitrogens with zero attached hydrogens (tertiary/aromatic N) is 3. The van der Waals surface area contributed by atoms with Crippen LogP contribution in [0.1, 0.15) is 30.6 Å². The van der Waals surface area contributed by atoms with Gasteiger partial charge >= 0.3 is 0 Å². The minimum Gasteiger partial charge on any atom is -0.348 e. The minimum atomic E-state index is -0.220. The number of hydrogen-bond acceptors (Lipinski definition) is 3. The lowest BCUT2D eigenvalue weighted by molar-refractivity contribution is 0.0931. The van der Waals surface area contributed by atoms with Gasteiger partial charge in [0.15, 0.2) is 0 Å². The number of rotatable bonds is 6. The zero-order valence-electron chi connectivity index (χ0n) is 12.3. The molecule has 0 bridgehead atoms. The minimum absolute atomic E-state index is 0.000284. The van der Waals surface area contributed by atoms with E-state index in [1.165, 1.54) is 6.07 Å². The Morgan fingerprint density at radius 3 is 2.76 bits per heavy atom. The van der Waals surface area contributed by atoms with E-state index in [2.05, 4.69) is 10.3 Å². The molecule has 21 heavy (non-hydrogen) atoms. The second-order valence-corrected chi connectivity index (χ2v) is 4.88. The highest BCUT2D eigenvalue weighted by atomic mass is 16.2. The predicted molar refractivity (Wildman–Crippen MR) is 80.1 cm³/mol. The van der Waals surface area contributed by atoms with Crippen LogP contribution in [0.5, 0.6) is 0 Å². The van der Waals surface area contributed by atoms with Gasteiger partial charge in [-0.2, -0.15) is 0 Å². The molecular formula is C15H20N4O2. The molecule has 0 unspecified atom stereocenters. The summed E-state index contributed by atoms with van der Waals surface area (Å²) in [5, 5.41) is 2.95. The van der Waals surface area contributed by atoms with Crippen molar-refractivity contribution in [1.29, 1.82) is 0 Å². The Kier molecular flexibility index (Phi) is 4.92. The molecule has 0 spiro atoms. The molecule has 2 rings (SSSR count). The summed E-state index contributed by atoms with van der Waals surface area (Å²) in [5.74, 6) is -0.220. The summed E-state index contributed by atoms with van der Waals surface area (Å²) in [7, 11) is 0. The van der Waals surface area contributed by atoms with Crippen LogP contribution in [0, 0.1) is 0 Å². The quantitative estimate of drug-likeness (QED) is 0.870. The lowest BCUT2D eigenvalue weighted by Gasteiger charge is -2.17. The monoisotopic (exact) mass is 288 g/mol. The van der Waals surface area contributed by atoms with Gasteiger partial charge in [-0.3, -0.25) is 9.59 Å². The van der Waals surface area contributed by atoms with E-state index in [1.807, 2.05) is 24.6 Å². The first-order valence-corrected chi connectivity index (χ1v) is 7.11. The van der Waals surface area contributed by atoms with Crippen molar-refractivity contribution in [3.8, 4) is 0 Å². The highest BCUT2D eigenvalue weighted by Gasteiger charge is 2.13. The van der Waals surface area contributed by atoms with E-state index in [-0.39, 0.29) is 17.5 Å². The topological polar surface area (TPSA) is 68.9 Å². The van der Waals surface area contributed by atoms with Crippen LogP contribution < -0.4 is 10.9 Å². The summed E-state index contributed by atoms with van der Waals surface area (Å²) >= 11 is 0. The zero-order valence-corrected chi connectivity index (χ0v) is 12.3. The number of imidazole rings is 1. The van der Waals surface area contributed by atoms with E-state index >= 15 is 0 Å². The molecule has 2 heterocycles. The standard InChI is InChI=1S/C15H20N4O2/c1-3-13(10-18-8-6-16-11-18)17-15(21)12-5-7-19(4-2)14(20)9-12/h5-9,11,13H,3-4,10H2,1-2H3,(H,17,21)/t13-/m0/s1. The Labute approximate surface area is 123 Å². The fraction of sp³-hybridized carbons (Fsp3) is 0.400. The van der Waals surface area contributed by atoms with Crippen molar-refractivity contribution in [2.24, 2.45) is 0 Å². The van der Waals surface area contributed by atoms with Gasteiger partial charge < -0.3 is 14.5 Å². The number of pyridine rings is 1. The molecule has 0 aliphatic carbocycles. The number of amides is 1. The van der Waals surface area contributed by atoms with Gasteiger partial charge in [0.25, 0.3) is 11.5 Å². The average molecular weight is 288 g/mol. The molecule has 1 amide bonds. The molecule has 0 aromatic carbocycles. The van der Waals surface area contributed by atoms with Gasteiger partial charge in [0.2, 0.25) is 0 Å². The fourth-order valence-electron chi connectivity index (χ4n) is 2.11. The molecule has 2 aromatic rings. The third kappa shape index (κ3) is 3.81. The van der Waals surface area contributed by atoms with Gasteiger partial charge in [-0.05, 0) is 19.4 Å². The van der Waals surface area contributed by atoms with Crippen molar-refractivity contribution in [3.63, 3.8) is 0 Å². The summed E-state index contributed by atoms with van der Waals surface area (Å²) < 4.78 is 3.48. The van der Waals surface area contributed by atoms with Crippen molar-refractivity contribution < 1.29 is 4.79 Å². The van der Waals surface area contributed by atoms with Crippen LogP contribution in [-0.2, 0) is 13.1 Å². The van der Waals surface area contributed by atoms with E-state index < -0.39 is 0 Å². The van der Waals surface area contributed by atoms with Crippen LogP contribution in [0.2, 0.25) is 0 Å². The molecule has 1 atom stereocenters. The second-order valence-electron chi connectivity index (χ2n) is 4.88. The highest BCUT2D eigenvalue weighted by Crippen LogP contribution is 2.01. The van der Waals surface area contributed by atoms with E-state index in [4.69, 9.17) is 0 Å². The SMILES string of the molecule is CC[C@@H](Cn1ccnc1)NC(=O)c1ccn(CC)c(=O)c1. The fourth-order valence-corrected chi connectivity index (χ4v) is 2.11. The third-order valence-corrected chi connectivity index (χ3v) is 3.42. The normalized spacial score (nSPS) is 12.1. The molecule has 112 valence electrons. The summed E-state index contributed by atoms with van der Waals surface area (Å²) in [5.41, 5.74) is 0.238. The maximum atomic E-state index is 12.2. The number of aromatic nitrogens is 3. The third-order valence-electron chi connectivity index (χ3n) is 3.42. The summed E-state index contributed by atoms with van der Waals surface area (Å²) in [4.78, 5) is 28.0. The highest BCUT2D eigenvalue weighted by molar-refractivity contribution is 5.94. The first-order chi connectivity index (χ1) is 10.1. The number of nitrogens with one attached hydrogen (secondary N) is 1. The van der Waals surface area contributed by atoms with Crippen LogP contribution in [-0.4, -0.2) is 26.1 Å². The number of hydrogen-bond donors (Lipinski definition) is 1. The van der Waals surface area contributed by atoms with Gasteiger partial charge in [-0.15, -0.1) is 0 Å². The number of carbonyl (C=O) groups is 1. The average Bonchev–Trinajstić information content (AvgIpc) is 2.99. The zero-order chi connectivity index (χ0) is 15.2. The second kappa shape index (κ2) is 6.88. The molecule has 0 saturated heterocycles. The van der Waals surface area contributed by atoms with Gasteiger partial charge in [0.05, 0.1) is 6.33 Å². The summed E-state index contributed by atoms with van der Waals surface area (Å²) in [6, 6.07) is 3.05. The first-order valence-electron chi connectivity index (χ1n) is 7.11. The lowest BCUT2D eigenvalue weighted by Crippen LogP contribution is -2.38. The van der Waals surface area contributed by atoms with E-state index in [0.29, 0.717) is 18.7 Å². The Morgan fingerprint density at radius 1 is 1.38 bits per heavy atom. The molecule has 2 aromatic heterocycles. The molecule has 6 nitrogen and oxygen atoms in total. The van der Waals surface area contributed by atoms with Crippen molar-refractivity contribution in [2.75, 3.05) is 0 Å². The summed E-state index contributed by atoms with van der Waals surface area (Å²) in [6.45, 7) is 5.16. The van der Waals surface area contributed by atoms with Gasteiger partial charge in [0, 0.05) is 49.4 Å². The van der Waals surface area contributed by atoms with Gasteiger partial charge in [-0.1, -0.05) is 6.92 Å². The van der Waals surface area contributed by atoms with Crippen molar-refractivity contribution in [2.45, 2.75) is 39.4 Å². The predicted octanol–water partition coefficient (Wildman–Crippen LogP) is 1.27. The van der Waals surface area contributed by atoms with Crippen LogP contribution in [0.25, 0.3) is 0 Å². The number of carbonyl (C=O) groups excluding carboxylic acids is 1. The van der Waals surface area contributed by atoms with Crippen LogP contribution in [0.15, 0.2) is 41.8 Å². The van der Waals surface area contributed by atoms with E-state index in [1.54, 1.807) is 29.4 Å². The van der Waals surface area contributed by atoms with E-state index in [9.17, 15) is 9.59 Å². The molecule has 1 N–H and O–H groups in total. The van der Waals surface area contributed by atoms with Crippen molar-refractivity contribution in [3.05, 3.63) is 53.0 Å². The Hall–Kier alpha value is -2.37. The molecule has 0 radical (unpaired) electrons. The van der Waals surface area contributed by atoms with Crippen molar-refractivity contribution in [1.82, 2.24) is 19.4 Å². The maximum absolute atomic E-state index is 12.2. The molecule has 0 aliphatic rings. The Balaban J connectivity index is 2.05. The Morgan fingerprint density at radius 2 is 2.19 bits per heavy atom. The van der Waals surface area contributed by atoms with E-state index in [0.717, 1.165) is 6.42 Å². The Bertz CT molecular complexity index is 646. The number of aryl methyl sites for hydroxylation is 1. The first kappa shape index (κ1) is 15.0. The molecular weight excluding hydrogens is 268 g/mol. The van der Waals surface area contributed by atoms with Crippen LogP contribution in [0.3, 0.4) is 0 Å². The van der Waals surface area contributed by atoms with Crippen molar-refractivity contribution >= 4 is 5.91 Å². The van der Waals surface area contributed by atoms with Gasteiger partial charge in [-0.25, -0.2) is 4.98 Å². The lowest BCUT2D eigenvalue weighted by atomic mass is 10.2. The van der Waals surface area contributed by atoms with Crippen LogP contribution >= 0.6 is 0 Å². The molecule has 0 fully saturated rings. The molecule has 0 aliphatic heterocycles.